The van der Waals surface area contributed by atoms with Gasteiger partial charge in [-0.15, -0.1) is 0 Å². The first-order chi connectivity index (χ1) is 9.34. The lowest BCUT2D eigenvalue weighted by Crippen LogP contribution is -2.47. The Balaban J connectivity index is 2.26. The first-order valence-electron chi connectivity index (χ1n) is 6.09. The maximum atomic E-state index is 12.3. The third kappa shape index (κ3) is 3.40. The van der Waals surface area contributed by atoms with E-state index in [0.717, 1.165) is 0 Å². The van der Waals surface area contributed by atoms with E-state index in [1.807, 2.05) is 0 Å². The number of sulfonamides is 1. The lowest BCUT2D eigenvalue weighted by Gasteiger charge is -2.25. The summed E-state index contributed by atoms with van der Waals surface area (Å²) >= 11 is 0. The summed E-state index contributed by atoms with van der Waals surface area (Å²) in [6, 6.07) is 4.49. The van der Waals surface area contributed by atoms with E-state index in [9.17, 15) is 8.42 Å². The van der Waals surface area contributed by atoms with E-state index < -0.39 is 15.6 Å². The number of rotatable bonds is 5. The molecule has 2 rings (SSSR count). The largest absolute Gasteiger partial charge is 0.486 e. The van der Waals surface area contributed by atoms with Crippen LogP contribution in [0.2, 0.25) is 0 Å². The van der Waals surface area contributed by atoms with Crippen molar-refractivity contribution in [1.82, 2.24) is 4.72 Å². The summed E-state index contributed by atoms with van der Waals surface area (Å²) in [5, 5.41) is 0. The van der Waals surface area contributed by atoms with Crippen molar-refractivity contribution in [2.45, 2.75) is 24.3 Å². The zero-order valence-electron chi connectivity index (χ0n) is 11.4. The van der Waals surface area contributed by atoms with Crippen molar-refractivity contribution >= 4 is 10.0 Å². The van der Waals surface area contributed by atoms with Gasteiger partial charge in [0.25, 0.3) is 0 Å². The van der Waals surface area contributed by atoms with Crippen LogP contribution in [0, 0.1) is 0 Å². The molecule has 1 aromatic carbocycles. The number of hydrogen-bond donors (Lipinski definition) is 2. The molecule has 0 amide bonds. The number of fused-ring (bicyclic) bond motifs is 1. The molecule has 0 saturated heterocycles. The average molecular weight is 302 g/mol. The van der Waals surface area contributed by atoms with Gasteiger partial charge in [-0.1, -0.05) is 0 Å². The Morgan fingerprint density at radius 3 is 2.60 bits per heavy atom. The molecular weight excluding hydrogens is 284 g/mol. The predicted molar refractivity (Wildman–Crippen MR) is 72.0 cm³/mol. The van der Waals surface area contributed by atoms with Crippen LogP contribution in [0.15, 0.2) is 23.1 Å². The zero-order valence-corrected chi connectivity index (χ0v) is 12.2. The third-order valence-corrected chi connectivity index (χ3v) is 4.37. The summed E-state index contributed by atoms with van der Waals surface area (Å²) in [5.41, 5.74) is -0.819. The summed E-state index contributed by atoms with van der Waals surface area (Å²) in [4.78, 5) is 4.61. The monoisotopic (exact) mass is 302 g/mol. The first-order valence-corrected chi connectivity index (χ1v) is 7.58. The van der Waals surface area contributed by atoms with E-state index in [-0.39, 0.29) is 11.5 Å². The molecule has 20 heavy (non-hydrogen) atoms. The standard InChI is InChI=1S/C12H18N2O5S/c1-12(2,8-19-13)14-20(15,16)9-3-4-10-11(7-9)18-6-5-17-10/h3-4,7,14H,5-6,8,13H2,1-2H3. The van der Waals surface area contributed by atoms with Gasteiger partial charge in [0.2, 0.25) is 10.0 Å². The summed E-state index contributed by atoms with van der Waals surface area (Å²) in [5.74, 6) is 5.96. The van der Waals surface area contributed by atoms with Gasteiger partial charge in [0.15, 0.2) is 11.5 Å². The van der Waals surface area contributed by atoms with E-state index in [2.05, 4.69) is 9.56 Å². The molecule has 0 radical (unpaired) electrons. The van der Waals surface area contributed by atoms with Gasteiger partial charge >= 0.3 is 0 Å². The molecule has 3 N–H and O–H groups in total. The van der Waals surface area contributed by atoms with Crippen LogP contribution in [0.4, 0.5) is 0 Å². The molecule has 0 fully saturated rings. The Bertz CT molecular complexity index is 586. The van der Waals surface area contributed by atoms with Crippen molar-refractivity contribution in [3.8, 4) is 11.5 Å². The molecule has 1 aromatic rings. The van der Waals surface area contributed by atoms with E-state index in [4.69, 9.17) is 15.4 Å². The molecule has 0 atom stereocenters. The predicted octanol–water partition coefficient (Wildman–Crippen LogP) is 0.405. The quantitative estimate of drug-likeness (QED) is 0.764. The molecule has 112 valence electrons. The molecule has 0 unspecified atom stereocenters. The first kappa shape index (κ1) is 15.0. The van der Waals surface area contributed by atoms with Gasteiger partial charge in [-0.25, -0.2) is 19.0 Å². The fourth-order valence-corrected chi connectivity index (χ4v) is 3.26. The van der Waals surface area contributed by atoms with Gasteiger partial charge in [-0.2, -0.15) is 0 Å². The molecule has 1 aliphatic rings. The lowest BCUT2D eigenvalue weighted by atomic mass is 10.1. The van der Waals surface area contributed by atoms with Crippen molar-refractivity contribution in [3.05, 3.63) is 18.2 Å². The van der Waals surface area contributed by atoms with Crippen LogP contribution in [0.1, 0.15) is 13.8 Å². The van der Waals surface area contributed by atoms with Crippen LogP contribution in [-0.2, 0) is 14.9 Å². The van der Waals surface area contributed by atoms with Crippen molar-refractivity contribution in [2.24, 2.45) is 5.90 Å². The van der Waals surface area contributed by atoms with Crippen molar-refractivity contribution in [2.75, 3.05) is 19.8 Å². The molecule has 0 aromatic heterocycles. The van der Waals surface area contributed by atoms with E-state index >= 15 is 0 Å². The highest BCUT2D eigenvalue weighted by molar-refractivity contribution is 7.89. The van der Waals surface area contributed by atoms with Crippen LogP contribution < -0.4 is 20.1 Å². The van der Waals surface area contributed by atoms with Gasteiger partial charge in [0.05, 0.1) is 17.0 Å². The molecule has 0 spiro atoms. The Morgan fingerprint density at radius 1 is 1.30 bits per heavy atom. The van der Waals surface area contributed by atoms with Gasteiger partial charge in [0, 0.05) is 6.07 Å². The Morgan fingerprint density at radius 2 is 1.95 bits per heavy atom. The minimum Gasteiger partial charge on any atom is -0.486 e. The summed E-state index contributed by atoms with van der Waals surface area (Å²) < 4.78 is 37.9. The number of nitrogens with one attached hydrogen (secondary N) is 1. The van der Waals surface area contributed by atoms with Crippen LogP contribution in [-0.4, -0.2) is 33.8 Å². The van der Waals surface area contributed by atoms with Crippen LogP contribution in [0.5, 0.6) is 11.5 Å². The number of benzene rings is 1. The van der Waals surface area contributed by atoms with Crippen LogP contribution >= 0.6 is 0 Å². The number of hydrogen-bond acceptors (Lipinski definition) is 6. The fraction of sp³-hybridized carbons (Fsp3) is 0.500. The van der Waals surface area contributed by atoms with E-state index in [1.54, 1.807) is 19.9 Å². The molecule has 0 aliphatic carbocycles. The Labute approximate surface area is 118 Å². The Hall–Kier alpha value is -1.35. The molecular formula is C12H18N2O5S. The fourth-order valence-electron chi connectivity index (χ4n) is 1.85. The highest BCUT2D eigenvalue weighted by Gasteiger charge is 2.27. The smallest absolute Gasteiger partial charge is 0.241 e. The van der Waals surface area contributed by atoms with Gasteiger partial charge in [-0.3, -0.25) is 0 Å². The van der Waals surface area contributed by atoms with E-state index in [0.29, 0.717) is 24.7 Å². The normalized spacial score (nSPS) is 15.2. The van der Waals surface area contributed by atoms with Crippen molar-refractivity contribution < 1.29 is 22.7 Å². The highest BCUT2D eigenvalue weighted by atomic mass is 32.2. The Kier molecular flexibility index (Phi) is 4.19. The SMILES string of the molecule is CC(C)(CON)NS(=O)(=O)c1ccc2c(c1)OCCO2. The zero-order chi connectivity index (χ0) is 14.8. The second-order valence-electron chi connectivity index (χ2n) is 5.11. The molecule has 0 saturated carbocycles. The maximum Gasteiger partial charge on any atom is 0.241 e. The third-order valence-electron chi connectivity index (χ3n) is 2.68. The van der Waals surface area contributed by atoms with Crippen LogP contribution in [0.3, 0.4) is 0 Å². The van der Waals surface area contributed by atoms with E-state index in [1.165, 1.54) is 12.1 Å². The number of ether oxygens (including phenoxy) is 2. The van der Waals surface area contributed by atoms with Crippen molar-refractivity contribution in [3.63, 3.8) is 0 Å². The molecule has 0 bridgehead atoms. The van der Waals surface area contributed by atoms with Gasteiger partial charge in [-0.05, 0) is 26.0 Å². The lowest BCUT2D eigenvalue weighted by molar-refractivity contribution is 0.0929. The second-order valence-corrected chi connectivity index (χ2v) is 6.79. The highest BCUT2D eigenvalue weighted by Crippen LogP contribution is 2.32. The average Bonchev–Trinajstić information content (AvgIpc) is 2.36. The summed E-state index contributed by atoms with van der Waals surface area (Å²) in [6.45, 7) is 4.26. The molecule has 8 heteroatoms. The summed E-state index contributed by atoms with van der Waals surface area (Å²) in [7, 11) is -3.69. The minimum atomic E-state index is -3.69. The van der Waals surface area contributed by atoms with Crippen molar-refractivity contribution in [1.29, 1.82) is 0 Å². The maximum absolute atomic E-state index is 12.3. The number of nitrogens with two attached hydrogens (primary N) is 1. The molecule has 1 aliphatic heterocycles. The summed E-state index contributed by atoms with van der Waals surface area (Å²) in [6.07, 6.45) is 0. The second kappa shape index (κ2) is 5.57. The molecule has 7 nitrogen and oxygen atoms in total. The van der Waals surface area contributed by atoms with Gasteiger partial charge in [0.1, 0.15) is 13.2 Å². The van der Waals surface area contributed by atoms with Crippen LogP contribution in [0.25, 0.3) is 0 Å². The molecule has 1 heterocycles. The van der Waals surface area contributed by atoms with Gasteiger partial charge < -0.3 is 14.3 Å². The topological polar surface area (TPSA) is 99.9 Å². The minimum absolute atomic E-state index is 0.0524.